The molecular formula is C9H12N2O2. The Morgan fingerprint density at radius 1 is 1.62 bits per heavy atom. The van der Waals surface area contributed by atoms with Crippen LogP contribution in [0.1, 0.15) is 26.2 Å². The summed E-state index contributed by atoms with van der Waals surface area (Å²) in [5.74, 6) is 5.51. The molecule has 0 fully saturated rings. The Kier molecular flexibility index (Phi) is 3.32. The first kappa shape index (κ1) is 9.59. The zero-order valence-electron chi connectivity index (χ0n) is 7.83. The highest BCUT2D eigenvalue weighted by atomic mass is 16.4. The lowest BCUT2D eigenvalue weighted by Crippen LogP contribution is -2.14. The molecule has 1 heterocycles. The van der Waals surface area contributed by atoms with Gasteiger partial charge in [-0.25, -0.2) is 4.79 Å². The van der Waals surface area contributed by atoms with E-state index < -0.39 is 5.76 Å². The third-order valence-corrected chi connectivity index (χ3v) is 1.52. The Hall–Kier alpha value is -1.50. The van der Waals surface area contributed by atoms with E-state index in [1.54, 1.807) is 6.92 Å². The Bertz CT molecular complexity index is 378. The van der Waals surface area contributed by atoms with Crippen molar-refractivity contribution in [3.05, 3.63) is 16.4 Å². The third kappa shape index (κ3) is 2.48. The summed E-state index contributed by atoms with van der Waals surface area (Å²) >= 11 is 0. The molecule has 1 aromatic heterocycles. The maximum Gasteiger partial charge on any atom is 0.438 e. The van der Waals surface area contributed by atoms with E-state index in [0.29, 0.717) is 18.9 Å². The first-order chi connectivity index (χ1) is 6.27. The minimum atomic E-state index is -0.425. The second-order valence-electron chi connectivity index (χ2n) is 2.60. The molecule has 13 heavy (non-hydrogen) atoms. The molecule has 0 aliphatic carbocycles. The van der Waals surface area contributed by atoms with Gasteiger partial charge in [0.25, 0.3) is 0 Å². The first-order valence-corrected chi connectivity index (χ1v) is 4.24. The Balaban J connectivity index is 2.81. The fraction of sp³-hybridized carbons (Fsp3) is 0.556. The van der Waals surface area contributed by atoms with E-state index in [1.165, 1.54) is 4.68 Å². The summed E-state index contributed by atoms with van der Waals surface area (Å²) in [5, 5.41) is 3.97. The second-order valence-corrected chi connectivity index (χ2v) is 2.60. The quantitative estimate of drug-likeness (QED) is 0.647. The predicted octanol–water partition coefficient (Wildman–Crippen LogP) is 0.812. The number of rotatable bonds is 3. The average molecular weight is 180 g/mol. The summed E-state index contributed by atoms with van der Waals surface area (Å²) in [6.07, 6.45) is 1.61. The number of hydrogen-bond donors (Lipinski definition) is 0. The van der Waals surface area contributed by atoms with Crippen molar-refractivity contribution in [1.82, 2.24) is 9.78 Å². The van der Waals surface area contributed by atoms with Gasteiger partial charge in [-0.1, -0.05) is 12.8 Å². The minimum Gasteiger partial charge on any atom is -0.392 e. The van der Waals surface area contributed by atoms with E-state index in [4.69, 9.17) is 4.42 Å². The maximum atomic E-state index is 11.1. The van der Waals surface area contributed by atoms with Crippen molar-refractivity contribution in [2.75, 3.05) is 0 Å². The molecule has 4 nitrogen and oxygen atoms in total. The Morgan fingerprint density at radius 2 is 2.38 bits per heavy atom. The molecule has 0 atom stereocenters. The summed E-state index contributed by atoms with van der Waals surface area (Å²) in [5.41, 5.74) is 0. The molecule has 0 amide bonds. The van der Waals surface area contributed by atoms with E-state index in [-0.39, 0.29) is 0 Å². The third-order valence-electron chi connectivity index (χ3n) is 1.52. The number of aryl methyl sites for hydroxylation is 1. The highest BCUT2D eigenvalue weighted by Crippen LogP contribution is 1.94. The van der Waals surface area contributed by atoms with Crippen LogP contribution in [0, 0.1) is 11.8 Å². The van der Waals surface area contributed by atoms with Crippen LogP contribution in [0.2, 0.25) is 0 Å². The van der Waals surface area contributed by atoms with Crippen molar-refractivity contribution < 1.29 is 4.42 Å². The van der Waals surface area contributed by atoms with Crippen molar-refractivity contribution >= 4 is 0 Å². The van der Waals surface area contributed by atoms with Crippen LogP contribution in [0.4, 0.5) is 0 Å². The molecule has 0 saturated heterocycles. The molecule has 0 aliphatic rings. The van der Waals surface area contributed by atoms with Gasteiger partial charge in [0.05, 0.1) is 0 Å². The fourth-order valence-electron chi connectivity index (χ4n) is 0.918. The molecule has 0 saturated carbocycles. The molecular weight excluding hydrogens is 168 g/mol. The number of aromatic nitrogens is 2. The predicted molar refractivity (Wildman–Crippen MR) is 48.2 cm³/mol. The molecule has 1 aromatic rings. The van der Waals surface area contributed by atoms with Gasteiger partial charge in [-0.05, 0) is 13.3 Å². The van der Waals surface area contributed by atoms with Crippen LogP contribution in [0.25, 0.3) is 0 Å². The van der Waals surface area contributed by atoms with E-state index in [0.717, 1.165) is 6.42 Å². The Labute approximate surface area is 76.6 Å². The zero-order chi connectivity index (χ0) is 9.68. The van der Waals surface area contributed by atoms with E-state index in [9.17, 15) is 4.79 Å². The molecule has 0 N–H and O–H groups in total. The fourth-order valence-corrected chi connectivity index (χ4v) is 0.918. The average Bonchev–Trinajstić information content (AvgIpc) is 2.44. The molecule has 4 heteroatoms. The molecule has 70 valence electrons. The molecule has 1 rings (SSSR count). The summed E-state index contributed by atoms with van der Waals surface area (Å²) in [6.45, 7) is 4.03. The van der Waals surface area contributed by atoms with Crippen LogP contribution in [-0.2, 0) is 13.0 Å². The van der Waals surface area contributed by atoms with Crippen LogP contribution >= 0.6 is 0 Å². The van der Waals surface area contributed by atoms with Crippen LogP contribution in [0.5, 0.6) is 0 Å². The van der Waals surface area contributed by atoms with Gasteiger partial charge in [-0.2, -0.15) is 4.68 Å². The number of nitrogens with zero attached hydrogens (tertiary/aromatic N) is 2. The van der Waals surface area contributed by atoms with Crippen LogP contribution in [0.3, 0.4) is 0 Å². The van der Waals surface area contributed by atoms with E-state index in [2.05, 4.69) is 16.9 Å². The number of hydrogen-bond acceptors (Lipinski definition) is 3. The van der Waals surface area contributed by atoms with Gasteiger partial charge in [0.15, 0.2) is 0 Å². The summed E-state index contributed by atoms with van der Waals surface area (Å²) in [7, 11) is 0. The standard InChI is InChI=1S/C9H12N2O2/c1-3-5-7-11-9(12)13-8(10-11)6-4-2/h4,6-7H2,1-2H3. The van der Waals surface area contributed by atoms with Gasteiger partial charge in [0.2, 0.25) is 5.89 Å². The zero-order valence-corrected chi connectivity index (χ0v) is 7.83. The van der Waals surface area contributed by atoms with Gasteiger partial charge < -0.3 is 4.42 Å². The van der Waals surface area contributed by atoms with Crippen LogP contribution < -0.4 is 5.76 Å². The SMILES string of the molecule is CC#CCn1nc(CCC)oc1=O. The first-order valence-electron chi connectivity index (χ1n) is 4.24. The van der Waals surface area contributed by atoms with Gasteiger partial charge in [0, 0.05) is 6.42 Å². The topological polar surface area (TPSA) is 48.0 Å². The lowest BCUT2D eigenvalue weighted by molar-refractivity contribution is 0.449. The molecule has 0 unspecified atom stereocenters. The summed E-state index contributed by atoms with van der Waals surface area (Å²) in [6, 6.07) is 0. The summed E-state index contributed by atoms with van der Waals surface area (Å²) < 4.78 is 6.12. The minimum absolute atomic E-state index is 0.308. The maximum absolute atomic E-state index is 11.1. The van der Waals surface area contributed by atoms with Crippen molar-refractivity contribution in [2.45, 2.75) is 33.2 Å². The van der Waals surface area contributed by atoms with Gasteiger partial charge in [-0.15, -0.1) is 11.0 Å². The highest BCUT2D eigenvalue weighted by molar-refractivity contribution is 4.94. The van der Waals surface area contributed by atoms with Crippen LogP contribution in [-0.4, -0.2) is 9.78 Å². The van der Waals surface area contributed by atoms with E-state index in [1.807, 2.05) is 6.92 Å². The van der Waals surface area contributed by atoms with Gasteiger partial charge in [-0.3, -0.25) is 0 Å². The molecule has 0 aliphatic heterocycles. The smallest absolute Gasteiger partial charge is 0.392 e. The monoisotopic (exact) mass is 180 g/mol. The van der Waals surface area contributed by atoms with Crippen molar-refractivity contribution in [1.29, 1.82) is 0 Å². The van der Waals surface area contributed by atoms with E-state index >= 15 is 0 Å². The normalized spacial score (nSPS) is 9.38. The Morgan fingerprint density at radius 3 is 3.00 bits per heavy atom. The highest BCUT2D eigenvalue weighted by Gasteiger charge is 2.04. The lowest BCUT2D eigenvalue weighted by Gasteiger charge is -1.86. The molecule has 0 spiro atoms. The summed E-state index contributed by atoms with van der Waals surface area (Å²) in [4.78, 5) is 11.1. The van der Waals surface area contributed by atoms with Gasteiger partial charge in [0.1, 0.15) is 6.54 Å². The van der Waals surface area contributed by atoms with Crippen molar-refractivity contribution in [3.8, 4) is 11.8 Å². The molecule has 0 aromatic carbocycles. The van der Waals surface area contributed by atoms with Crippen molar-refractivity contribution in [3.63, 3.8) is 0 Å². The van der Waals surface area contributed by atoms with Gasteiger partial charge >= 0.3 is 5.76 Å². The molecule has 0 radical (unpaired) electrons. The molecule has 0 bridgehead atoms. The van der Waals surface area contributed by atoms with Crippen LogP contribution in [0.15, 0.2) is 9.21 Å². The van der Waals surface area contributed by atoms with Crippen molar-refractivity contribution in [2.24, 2.45) is 0 Å². The second kappa shape index (κ2) is 4.51. The largest absolute Gasteiger partial charge is 0.438 e. The lowest BCUT2D eigenvalue weighted by atomic mass is 10.3.